The molecule has 4 aliphatic rings. The fourth-order valence-electron chi connectivity index (χ4n) is 8.59. The van der Waals surface area contributed by atoms with Crippen LogP contribution in [0.5, 0.6) is 0 Å². The topological polar surface area (TPSA) is 124 Å². The van der Waals surface area contributed by atoms with Crippen molar-refractivity contribution in [2.45, 2.75) is 95.2 Å². The van der Waals surface area contributed by atoms with Crippen LogP contribution in [0.1, 0.15) is 96.1 Å². The SMILES string of the molecule is C[C@H]1NC(=O)c2ccc(Cl)nc2CCCCCn2c(-c3nc4cc(C(=O)N5C[C@H](N)[C@@H]6CC[C@H]5C6)cc(F)c4n3C3C[C@H]3F)cc3ccc1nc32. The highest BCUT2D eigenvalue weighted by Crippen LogP contribution is 2.45. The number of halogens is 3. The zero-order chi connectivity index (χ0) is 35.1. The zero-order valence-corrected chi connectivity index (χ0v) is 29.0. The Hall–Kier alpha value is -4.42. The third-order valence-electron chi connectivity index (χ3n) is 11.4. The van der Waals surface area contributed by atoms with E-state index in [1.165, 1.54) is 6.07 Å². The van der Waals surface area contributed by atoms with Gasteiger partial charge >= 0.3 is 0 Å². The number of alkyl halides is 1. The maximum Gasteiger partial charge on any atom is 0.254 e. The predicted molar refractivity (Wildman–Crippen MR) is 190 cm³/mol. The fraction of sp³-hybridized carbons (Fsp3) is 0.447. The van der Waals surface area contributed by atoms with Crippen molar-refractivity contribution in [3.05, 3.63) is 75.9 Å². The van der Waals surface area contributed by atoms with Gasteiger partial charge in [-0.1, -0.05) is 18.0 Å². The number of benzene rings is 1. The highest BCUT2D eigenvalue weighted by atomic mass is 35.5. The quantitative estimate of drug-likeness (QED) is 0.201. The maximum absolute atomic E-state index is 16.3. The normalized spacial score (nSPS) is 26.4. The van der Waals surface area contributed by atoms with E-state index in [1.54, 1.807) is 27.7 Å². The number of pyridine rings is 2. The average molecular weight is 713 g/mol. The summed E-state index contributed by atoms with van der Waals surface area (Å²) in [5.41, 5.74) is 10.4. The molecule has 4 bridgehead atoms. The first-order valence-electron chi connectivity index (χ1n) is 18.0. The number of likely N-dealkylation sites (tertiary alicyclic amines) is 1. The van der Waals surface area contributed by atoms with E-state index >= 15 is 4.39 Å². The van der Waals surface area contributed by atoms with Crippen LogP contribution in [0.3, 0.4) is 0 Å². The number of fused-ring (bicyclic) bond motifs is 5. The van der Waals surface area contributed by atoms with Crippen molar-refractivity contribution in [2.75, 3.05) is 6.54 Å². The number of rotatable bonds is 3. The molecule has 5 aromatic rings. The van der Waals surface area contributed by atoms with Crippen LogP contribution >= 0.6 is 11.6 Å². The van der Waals surface area contributed by atoms with Gasteiger partial charge in [-0.3, -0.25) is 9.59 Å². The third-order valence-corrected chi connectivity index (χ3v) is 11.6. The Balaban J connectivity index is 1.13. The van der Waals surface area contributed by atoms with E-state index in [9.17, 15) is 14.0 Å². The van der Waals surface area contributed by atoms with Gasteiger partial charge in [0, 0.05) is 42.5 Å². The van der Waals surface area contributed by atoms with Crippen LogP contribution in [0, 0.1) is 11.7 Å². The monoisotopic (exact) mass is 712 g/mol. The number of amides is 2. The Kier molecular flexibility index (Phi) is 7.88. The first-order chi connectivity index (χ1) is 24.6. The summed E-state index contributed by atoms with van der Waals surface area (Å²) in [4.78, 5) is 43.5. The molecule has 6 atom stereocenters. The Morgan fingerprint density at radius 1 is 1.04 bits per heavy atom. The van der Waals surface area contributed by atoms with E-state index in [2.05, 4.69) is 14.9 Å². The smallest absolute Gasteiger partial charge is 0.254 e. The summed E-state index contributed by atoms with van der Waals surface area (Å²) in [6.45, 7) is 2.92. The van der Waals surface area contributed by atoms with Crippen LogP contribution in [-0.2, 0) is 13.0 Å². The molecule has 3 N–H and O–H groups in total. The number of carbonyl (C=O) groups is 2. The van der Waals surface area contributed by atoms with Crippen molar-refractivity contribution >= 4 is 45.5 Å². The minimum atomic E-state index is -1.13. The molecule has 3 fully saturated rings. The minimum absolute atomic E-state index is 0.0902. The molecule has 0 spiro atoms. The number of nitrogens with two attached hydrogens (primary N) is 1. The molecular weight excluding hydrogens is 674 g/mol. The van der Waals surface area contributed by atoms with Crippen LogP contribution < -0.4 is 11.1 Å². The number of aromatic nitrogens is 5. The Morgan fingerprint density at radius 3 is 2.71 bits per heavy atom. The molecule has 13 heteroatoms. The van der Waals surface area contributed by atoms with Gasteiger partial charge in [0.1, 0.15) is 28.3 Å². The van der Waals surface area contributed by atoms with E-state index in [-0.39, 0.29) is 41.4 Å². The van der Waals surface area contributed by atoms with Crippen LogP contribution in [0.2, 0.25) is 5.15 Å². The number of piperidine rings is 1. The predicted octanol–water partition coefficient (Wildman–Crippen LogP) is 6.69. The Labute approximate surface area is 298 Å². The summed E-state index contributed by atoms with van der Waals surface area (Å²) in [5, 5.41) is 4.26. The standard InChI is InChI=1S/C38H39ClF2N8O2/c1-19-28-10-7-21-16-32(47(35(21)45-28)12-4-2-3-5-29-24(37(50)43-19)9-11-33(39)44-29)36-46-30-15-22(14-26(41)34(30)49(36)31-17-25(31)40)38(51)48-18-27(42)20-6-8-23(48)13-20/h7,9-11,14-16,19-20,23,25,27,31H,2-6,8,12-13,17-18,42H2,1H3,(H,43,50)/t19-,20-,23+,25-,27+,31?/m1/s1. The molecule has 2 amide bonds. The summed E-state index contributed by atoms with van der Waals surface area (Å²) in [7, 11) is 0. The van der Waals surface area contributed by atoms with Crippen molar-refractivity contribution in [3.63, 3.8) is 0 Å². The van der Waals surface area contributed by atoms with Gasteiger partial charge < -0.3 is 25.1 Å². The zero-order valence-electron chi connectivity index (χ0n) is 28.3. The van der Waals surface area contributed by atoms with Crippen LogP contribution in [-0.4, -0.2) is 65.6 Å². The molecule has 1 saturated heterocycles. The molecule has 2 saturated carbocycles. The number of nitrogens with one attached hydrogen (secondary N) is 1. The lowest BCUT2D eigenvalue weighted by Crippen LogP contribution is -2.51. The number of carbonyl (C=O) groups excluding carboxylic acids is 2. The first-order valence-corrected chi connectivity index (χ1v) is 18.4. The van der Waals surface area contributed by atoms with Crippen LogP contribution in [0.4, 0.5) is 8.78 Å². The van der Waals surface area contributed by atoms with Gasteiger partial charge in [-0.25, -0.2) is 23.7 Å². The van der Waals surface area contributed by atoms with Crippen LogP contribution in [0.25, 0.3) is 33.6 Å². The Bertz CT molecular complexity index is 2230. The van der Waals surface area contributed by atoms with E-state index < -0.39 is 24.1 Å². The molecular formula is C38H39ClF2N8O2. The molecule has 2 aliphatic heterocycles. The summed E-state index contributed by atoms with van der Waals surface area (Å²) >= 11 is 6.21. The summed E-state index contributed by atoms with van der Waals surface area (Å²) in [6, 6.07) is 11.1. The third kappa shape index (κ3) is 5.58. The second-order valence-corrected chi connectivity index (χ2v) is 15.2. The van der Waals surface area contributed by atoms with Crippen molar-refractivity contribution in [1.29, 1.82) is 0 Å². The van der Waals surface area contributed by atoms with Gasteiger partial charge in [0.25, 0.3) is 11.8 Å². The lowest BCUT2D eigenvalue weighted by Gasteiger charge is -2.37. The van der Waals surface area contributed by atoms with Gasteiger partial charge in [-0.15, -0.1) is 0 Å². The molecule has 6 heterocycles. The van der Waals surface area contributed by atoms with Gasteiger partial charge in [0.15, 0.2) is 5.82 Å². The minimum Gasteiger partial charge on any atom is -0.344 e. The number of imidazole rings is 1. The van der Waals surface area contributed by atoms with Crippen molar-refractivity contribution in [2.24, 2.45) is 11.7 Å². The molecule has 0 radical (unpaired) electrons. The average Bonchev–Trinajstić information content (AvgIpc) is 3.42. The molecule has 10 nitrogen and oxygen atoms in total. The number of aryl methyl sites for hydroxylation is 2. The fourth-order valence-corrected chi connectivity index (χ4v) is 8.75. The number of nitrogens with zero attached hydrogens (tertiary/aromatic N) is 6. The molecule has 1 unspecified atom stereocenters. The molecule has 264 valence electrons. The molecule has 9 rings (SSSR count). The second kappa shape index (κ2) is 12.4. The summed E-state index contributed by atoms with van der Waals surface area (Å²) < 4.78 is 35.0. The van der Waals surface area contributed by atoms with Gasteiger partial charge in [0.05, 0.1) is 40.2 Å². The van der Waals surface area contributed by atoms with E-state index in [1.807, 2.05) is 25.1 Å². The largest absolute Gasteiger partial charge is 0.344 e. The molecule has 2 aliphatic carbocycles. The first kappa shape index (κ1) is 32.5. The van der Waals surface area contributed by atoms with Crippen molar-refractivity contribution in [3.8, 4) is 11.5 Å². The number of hydrogen-bond donors (Lipinski definition) is 2. The van der Waals surface area contributed by atoms with Gasteiger partial charge in [0.2, 0.25) is 0 Å². The lowest BCUT2D eigenvalue weighted by atomic mass is 9.94. The van der Waals surface area contributed by atoms with Gasteiger partial charge in [-0.2, -0.15) is 0 Å². The molecule has 51 heavy (non-hydrogen) atoms. The molecule has 4 aromatic heterocycles. The van der Waals surface area contributed by atoms with E-state index in [4.69, 9.17) is 27.3 Å². The van der Waals surface area contributed by atoms with Crippen LogP contribution in [0.15, 0.2) is 42.5 Å². The molecule has 1 aromatic carbocycles. The highest BCUT2D eigenvalue weighted by Gasteiger charge is 2.44. The maximum atomic E-state index is 16.3. The second-order valence-electron chi connectivity index (χ2n) is 14.8. The summed E-state index contributed by atoms with van der Waals surface area (Å²) in [6.07, 6.45) is 4.89. The van der Waals surface area contributed by atoms with Gasteiger partial charge in [-0.05, 0) is 93.8 Å². The summed E-state index contributed by atoms with van der Waals surface area (Å²) in [5.74, 6) is -0.232. The Morgan fingerprint density at radius 2 is 1.88 bits per heavy atom. The number of hydrogen-bond acceptors (Lipinski definition) is 6. The van der Waals surface area contributed by atoms with Crippen molar-refractivity contribution < 1.29 is 18.4 Å². The van der Waals surface area contributed by atoms with E-state index in [0.717, 1.165) is 43.9 Å². The lowest BCUT2D eigenvalue weighted by molar-refractivity contribution is 0.0603. The highest BCUT2D eigenvalue weighted by molar-refractivity contribution is 6.29. The van der Waals surface area contributed by atoms with Crippen molar-refractivity contribution in [1.82, 2.24) is 34.3 Å². The van der Waals surface area contributed by atoms with E-state index in [0.29, 0.717) is 70.2 Å².